The van der Waals surface area contributed by atoms with Gasteiger partial charge in [0.1, 0.15) is 16.6 Å². The Bertz CT molecular complexity index is 1120. The van der Waals surface area contributed by atoms with Crippen LogP contribution in [0.5, 0.6) is 0 Å². The first kappa shape index (κ1) is 18.4. The molecule has 0 unspecified atom stereocenters. The SMILES string of the molecule is N=C1C(c2nc(-c3ccc(Cl)cc3)cs2)=C(O)CN1[C@H]1CCCc2ccccc21. The molecule has 1 aromatic heterocycles. The summed E-state index contributed by atoms with van der Waals surface area (Å²) in [6, 6.07) is 16.1. The summed E-state index contributed by atoms with van der Waals surface area (Å²) in [5.41, 5.74) is 4.98. The lowest BCUT2D eigenvalue weighted by Gasteiger charge is -2.34. The van der Waals surface area contributed by atoms with E-state index in [1.807, 2.05) is 34.5 Å². The molecule has 2 aliphatic rings. The highest BCUT2D eigenvalue weighted by atomic mass is 35.5. The van der Waals surface area contributed by atoms with Crippen molar-refractivity contribution in [3.05, 3.63) is 80.8 Å². The van der Waals surface area contributed by atoms with Crippen molar-refractivity contribution in [2.75, 3.05) is 6.54 Å². The van der Waals surface area contributed by atoms with Gasteiger partial charge in [0.05, 0.1) is 23.9 Å². The van der Waals surface area contributed by atoms with E-state index < -0.39 is 0 Å². The molecule has 1 aliphatic carbocycles. The molecule has 0 spiro atoms. The van der Waals surface area contributed by atoms with Crippen molar-refractivity contribution in [3.8, 4) is 11.3 Å². The second-order valence-electron chi connectivity index (χ2n) is 7.45. The highest BCUT2D eigenvalue weighted by Gasteiger charge is 2.36. The largest absolute Gasteiger partial charge is 0.510 e. The van der Waals surface area contributed by atoms with Crippen LogP contribution in [0.4, 0.5) is 0 Å². The zero-order valence-electron chi connectivity index (χ0n) is 15.7. The number of aliphatic hydroxyl groups excluding tert-OH is 1. The minimum atomic E-state index is 0.128. The van der Waals surface area contributed by atoms with E-state index in [9.17, 15) is 5.11 Å². The molecule has 3 aromatic rings. The van der Waals surface area contributed by atoms with Crippen LogP contribution in [0, 0.1) is 5.41 Å². The van der Waals surface area contributed by atoms with Crippen LogP contribution in [-0.2, 0) is 6.42 Å². The van der Waals surface area contributed by atoms with Gasteiger partial charge in [-0.3, -0.25) is 5.41 Å². The Balaban J connectivity index is 1.44. The molecule has 1 atom stereocenters. The van der Waals surface area contributed by atoms with Gasteiger partial charge < -0.3 is 10.0 Å². The molecule has 0 saturated carbocycles. The number of amidine groups is 1. The van der Waals surface area contributed by atoms with Crippen LogP contribution in [0.3, 0.4) is 0 Å². The molecular weight excluding hydrogens is 402 g/mol. The van der Waals surface area contributed by atoms with E-state index in [4.69, 9.17) is 22.0 Å². The average Bonchev–Trinajstić information content (AvgIpc) is 3.32. The van der Waals surface area contributed by atoms with Gasteiger partial charge in [-0.25, -0.2) is 4.98 Å². The Morgan fingerprint density at radius 2 is 1.93 bits per heavy atom. The summed E-state index contributed by atoms with van der Waals surface area (Å²) >= 11 is 7.44. The first-order valence-electron chi connectivity index (χ1n) is 9.69. The third kappa shape index (κ3) is 3.24. The van der Waals surface area contributed by atoms with Crippen molar-refractivity contribution < 1.29 is 5.11 Å². The molecule has 0 bridgehead atoms. The van der Waals surface area contributed by atoms with Crippen LogP contribution in [0.1, 0.15) is 35.0 Å². The Hall–Kier alpha value is -2.63. The number of hydrogen-bond donors (Lipinski definition) is 2. The van der Waals surface area contributed by atoms with E-state index in [1.165, 1.54) is 22.5 Å². The molecular formula is C23H20ClN3OS. The third-order valence-corrected chi connectivity index (χ3v) is 6.82. The number of aliphatic hydroxyl groups is 1. The number of fused-ring (bicyclic) bond motifs is 1. The number of aryl methyl sites for hydroxylation is 1. The van der Waals surface area contributed by atoms with Gasteiger partial charge in [-0.1, -0.05) is 48.0 Å². The lowest BCUT2D eigenvalue weighted by Crippen LogP contribution is -2.33. The lowest BCUT2D eigenvalue weighted by atomic mass is 9.87. The molecule has 6 heteroatoms. The Morgan fingerprint density at radius 3 is 2.76 bits per heavy atom. The van der Waals surface area contributed by atoms with Crippen LogP contribution in [-0.4, -0.2) is 27.4 Å². The summed E-state index contributed by atoms with van der Waals surface area (Å²) in [5.74, 6) is 0.594. The maximum atomic E-state index is 10.7. The molecule has 4 nitrogen and oxygen atoms in total. The molecule has 1 aliphatic heterocycles. The highest BCUT2D eigenvalue weighted by molar-refractivity contribution is 7.11. The fourth-order valence-corrected chi connectivity index (χ4v) is 5.31. The van der Waals surface area contributed by atoms with Crippen LogP contribution in [0.15, 0.2) is 59.7 Å². The van der Waals surface area contributed by atoms with Gasteiger partial charge >= 0.3 is 0 Å². The second kappa shape index (κ2) is 7.32. The summed E-state index contributed by atoms with van der Waals surface area (Å²) in [6.45, 7) is 0.364. The number of hydrogen-bond acceptors (Lipinski definition) is 4. The van der Waals surface area contributed by atoms with Crippen LogP contribution in [0.25, 0.3) is 16.8 Å². The van der Waals surface area contributed by atoms with Crippen molar-refractivity contribution in [2.45, 2.75) is 25.3 Å². The average molecular weight is 422 g/mol. The number of aromatic nitrogens is 1. The number of thiazole rings is 1. The second-order valence-corrected chi connectivity index (χ2v) is 8.74. The van der Waals surface area contributed by atoms with E-state index in [1.54, 1.807) is 0 Å². The predicted molar refractivity (Wildman–Crippen MR) is 119 cm³/mol. The lowest BCUT2D eigenvalue weighted by molar-refractivity contribution is 0.274. The smallest absolute Gasteiger partial charge is 0.135 e. The summed E-state index contributed by atoms with van der Waals surface area (Å²) in [5, 5.41) is 22.9. The van der Waals surface area contributed by atoms with E-state index >= 15 is 0 Å². The van der Waals surface area contributed by atoms with Gasteiger partial charge in [0, 0.05) is 16.0 Å². The first-order valence-corrected chi connectivity index (χ1v) is 10.9. The van der Waals surface area contributed by atoms with Crippen molar-refractivity contribution in [1.29, 1.82) is 5.41 Å². The minimum Gasteiger partial charge on any atom is -0.510 e. The van der Waals surface area contributed by atoms with Crippen molar-refractivity contribution in [2.24, 2.45) is 0 Å². The highest BCUT2D eigenvalue weighted by Crippen LogP contribution is 2.40. The van der Waals surface area contributed by atoms with Gasteiger partial charge in [-0.2, -0.15) is 0 Å². The normalized spacial score (nSPS) is 19.0. The van der Waals surface area contributed by atoms with Gasteiger partial charge in [-0.05, 0) is 42.5 Å². The minimum absolute atomic E-state index is 0.128. The van der Waals surface area contributed by atoms with Crippen LogP contribution < -0.4 is 0 Å². The Morgan fingerprint density at radius 1 is 1.14 bits per heavy atom. The fraction of sp³-hybridized carbons (Fsp3) is 0.217. The molecule has 2 N–H and O–H groups in total. The Labute approximate surface area is 178 Å². The Kier molecular flexibility index (Phi) is 4.64. The molecule has 0 radical (unpaired) electrons. The quantitative estimate of drug-likeness (QED) is 0.536. The van der Waals surface area contributed by atoms with Crippen LogP contribution >= 0.6 is 22.9 Å². The number of nitrogens with zero attached hydrogens (tertiary/aromatic N) is 2. The zero-order valence-corrected chi connectivity index (χ0v) is 17.3. The molecule has 5 rings (SSSR count). The maximum absolute atomic E-state index is 10.7. The molecule has 0 saturated heterocycles. The van der Waals surface area contributed by atoms with E-state index in [2.05, 4.69) is 24.3 Å². The number of halogens is 1. The topological polar surface area (TPSA) is 60.2 Å². The first-order chi connectivity index (χ1) is 14.1. The summed E-state index contributed by atoms with van der Waals surface area (Å²) in [4.78, 5) is 6.73. The monoisotopic (exact) mass is 421 g/mol. The van der Waals surface area contributed by atoms with Gasteiger partial charge in [0.25, 0.3) is 0 Å². The van der Waals surface area contributed by atoms with Crippen molar-refractivity contribution >= 4 is 34.3 Å². The molecule has 2 aromatic carbocycles. The predicted octanol–water partition coefficient (Wildman–Crippen LogP) is 6.10. The fourth-order valence-electron chi connectivity index (χ4n) is 4.28. The van der Waals surface area contributed by atoms with Gasteiger partial charge in [0.15, 0.2) is 0 Å². The van der Waals surface area contributed by atoms with Gasteiger partial charge in [-0.15, -0.1) is 11.3 Å². The molecule has 146 valence electrons. The standard InChI is InChI=1S/C23H20ClN3OS/c24-16-10-8-15(9-11-16)18-13-29-23(26-18)21-20(28)12-27(22(21)25)19-7-3-5-14-4-1-2-6-17(14)19/h1-2,4,6,8-11,13,19,25,28H,3,5,7,12H2/t19-/m0/s1. The molecule has 29 heavy (non-hydrogen) atoms. The van der Waals surface area contributed by atoms with Crippen LogP contribution in [0.2, 0.25) is 5.02 Å². The van der Waals surface area contributed by atoms with E-state index in [0.29, 0.717) is 28.0 Å². The third-order valence-electron chi connectivity index (χ3n) is 5.70. The van der Waals surface area contributed by atoms with E-state index in [-0.39, 0.29) is 11.8 Å². The maximum Gasteiger partial charge on any atom is 0.135 e. The molecule has 0 fully saturated rings. The summed E-state index contributed by atoms with van der Waals surface area (Å²) in [7, 11) is 0. The summed E-state index contributed by atoms with van der Waals surface area (Å²) < 4.78 is 0. The van der Waals surface area contributed by atoms with E-state index in [0.717, 1.165) is 30.5 Å². The summed E-state index contributed by atoms with van der Waals surface area (Å²) in [6.07, 6.45) is 3.17. The zero-order chi connectivity index (χ0) is 20.0. The molecule has 2 heterocycles. The number of nitrogens with one attached hydrogen (secondary N) is 1. The van der Waals surface area contributed by atoms with Crippen molar-refractivity contribution in [1.82, 2.24) is 9.88 Å². The number of rotatable bonds is 3. The number of benzene rings is 2. The molecule has 0 amide bonds. The van der Waals surface area contributed by atoms with Crippen molar-refractivity contribution in [3.63, 3.8) is 0 Å². The van der Waals surface area contributed by atoms with Gasteiger partial charge in [0.2, 0.25) is 0 Å².